The Morgan fingerprint density at radius 1 is 1.03 bits per heavy atom. The Kier molecular flexibility index (Phi) is 5.64. The molecule has 1 saturated heterocycles. The summed E-state index contributed by atoms with van der Waals surface area (Å²) in [5.41, 5.74) is 8.36. The fraction of sp³-hybridized carbons (Fsp3) is 0.292. The monoisotopic (exact) mass is 399 g/mol. The largest absolute Gasteiger partial charge is 0.385 e. The summed E-state index contributed by atoms with van der Waals surface area (Å²) >= 11 is 0. The molecule has 0 aliphatic carbocycles. The van der Waals surface area contributed by atoms with Gasteiger partial charge in [0.25, 0.3) is 0 Å². The maximum Gasteiger partial charge on any atom is 0.148 e. The third-order valence-electron chi connectivity index (χ3n) is 5.56. The molecule has 6 nitrogen and oxygen atoms in total. The highest BCUT2D eigenvalue weighted by molar-refractivity contribution is 5.59. The number of aromatic nitrogens is 3. The summed E-state index contributed by atoms with van der Waals surface area (Å²) in [4.78, 5) is 15.3. The highest BCUT2D eigenvalue weighted by Gasteiger charge is 2.34. The van der Waals surface area contributed by atoms with Gasteiger partial charge in [-0.2, -0.15) is 0 Å². The van der Waals surface area contributed by atoms with Gasteiger partial charge in [0.15, 0.2) is 0 Å². The average molecular weight is 399 g/mol. The Bertz CT molecular complexity index is 1060. The number of nitrogens with two attached hydrogens (primary N) is 1. The number of aryl methyl sites for hydroxylation is 1. The van der Waals surface area contributed by atoms with Gasteiger partial charge in [-0.3, -0.25) is 0 Å². The van der Waals surface area contributed by atoms with Crippen LogP contribution in [0.5, 0.6) is 0 Å². The van der Waals surface area contributed by atoms with E-state index in [1.165, 1.54) is 0 Å². The van der Waals surface area contributed by atoms with E-state index in [4.69, 9.17) is 5.73 Å². The lowest BCUT2D eigenvalue weighted by Crippen LogP contribution is -2.43. The molecular weight excluding hydrogens is 374 g/mol. The van der Waals surface area contributed by atoms with Crippen molar-refractivity contribution in [1.29, 1.82) is 0 Å². The molecule has 1 fully saturated rings. The molecular formula is C24H25N5O. The molecule has 2 aromatic heterocycles. The number of hydrogen-bond donors (Lipinski definition) is 2. The van der Waals surface area contributed by atoms with Crippen molar-refractivity contribution in [2.24, 2.45) is 0 Å². The molecule has 1 aliphatic heterocycles. The van der Waals surface area contributed by atoms with Gasteiger partial charge in [-0.1, -0.05) is 49.1 Å². The molecule has 1 aliphatic rings. The Balaban J connectivity index is 1.60. The normalized spacial score (nSPS) is 15.3. The van der Waals surface area contributed by atoms with Crippen LogP contribution in [0.15, 0.2) is 55.0 Å². The highest BCUT2D eigenvalue weighted by Crippen LogP contribution is 2.34. The second kappa shape index (κ2) is 8.52. The van der Waals surface area contributed by atoms with Crippen molar-refractivity contribution < 1.29 is 5.11 Å². The summed E-state index contributed by atoms with van der Waals surface area (Å²) in [7, 11) is 0. The summed E-state index contributed by atoms with van der Waals surface area (Å²) in [6.45, 7) is 3.46. The van der Waals surface area contributed by atoms with Gasteiger partial charge in [-0.15, -0.1) is 0 Å². The topological polar surface area (TPSA) is 88.2 Å². The molecule has 0 amide bonds. The summed E-state index contributed by atoms with van der Waals surface area (Å²) in [5.74, 6) is 7.72. The minimum atomic E-state index is -0.806. The van der Waals surface area contributed by atoms with Crippen molar-refractivity contribution in [3.8, 4) is 11.8 Å². The number of piperidine rings is 1. The first kappa shape index (κ1) is 19.9. The van der Waals surface area contributed by atoms with E-state index < -0.39 is 5.60 Å². The molecule has 0 atom stereocenters. The van der Waals surface area contributed by atoms with Crippen molar-refractivity contribution in [2.75, 3.05) is 23.7 Å². The summed E-state index contributed by atoms with van der Waals surface area (Å²) < 4.78 is 0. The predicted molar refractivity (Wildman–Crippen MR) is 118 cm³/mol. The number of rotatable bonds is 3. The average Bonchev–Trinajstić information content (AvgIpc) is 2.80. The van der Waals surface area contributed by atoms with Crippen LogP contribution in [0.1, 0.15) is 42.1 Å². The van der Waals surface area contributed by atoms with E-state index in [2.05, 4.69) is 38.6 Å². The lowest BCUT2D eigenvalue weighted by atomic mass is 9.84. The highest BCUT2D eigenvalue weighted by atomic mass is 16.3. The fourth-order valence-electron chi connectivity index (χ4n) is 3.79. The molecule has 30 heavy (non-hydrogen) atoms. The molecule has 4 rings (SSSR count). The Morgan fingerprint density at radius 2 is 1.80 bits per heavy atom. The van der Waals surface area contributed by atoms with Gasteiger partial charge < -0.3 is 15.7 Å². The van der Waals surface area contributed by atoms with E-state index in [0.29, 0.717) is 31.7 Å². The number of nitrogens with zero attached hydrogens (tertiary/aromatic N) is 4. The zero-order chi connectivity index (χ0) is 21.0. The van der Waals surface area contributed by atoms with Crippen molar-refractivity contribution in [3.05, 3.63) is 77.4 Å². The summed E-state index contributed by atoms with van der Waals surface area (Å²) in [6, 6.07) is 13.5. The van der Waals surface area contributed by atoms with Crippen LogP contribution in [-0.4, -0.2) is 33.1 Å². The van der Waals surface area contributed by atoms with Crippen LogP contribution in [0.25, 0.3) is 0 Å². The molecule has 3 aromatic rings. The van der Waals surface area contributed by atoms with Gasteiger partial charge in [-0.05, 0) is 37.0 Å². The molecule has 0 radical (unpaired) electrons. The van der Waals surface area contributed by atoms with Gasteiger partial charge in [-0.25, -0.2) is 15.0 Å². The van der Waals surface area contributed by atoms with Gasteiger partial charge >= 0.3 is 0 Å². The van der Waals surface area contributed by atoms with E-state index >= 15 is 0 Å². The van der Waals surface area contributed by atoms with Crippen LogP contribution >= 0.6 is 0 Å². The van der Waals surface area contributed by atoms with Gasteiger partial charge in [0.05, 0.1) is 16.9 Å². The van der Waals surface area contributed by atoms with Crippen LogP contribution in [0, 0.1) is 11.8 Å². The van der Waals surface area contributed by atoms with Crippen LogP contribution in [-0.2, 0) is 12.0 Å². The first-order chi connectivity index (χ1) is 14.6. The number of hydrogen-bond acceptors (Lipinski definition) is 6. The molecule has 0 bridgehead atoms. The fourth-order valence-corrected chi connectivity index (χ4v) is 3.79. The third-order valence-corrected chi connectivity index (χ3v) is 5.56. The van der Waals surface area contributed by atoms with Crippen LogP contribution in [0.3, 0.4) is 0 Å². The minimum absolute atomic E-state index is 0.470. The van der Waals surface area contributed by atoms with E-state index in [1.54, 1.807) is 18.6 Å². The number of benzene rings is 1. The molecule has 3 heterocycles. The van der Waals surface area contributed by atoms with E-state index in [0.717, 1.165) is 34.6 Å². The molecule has 3 N–H and O–H groups in total. The molecule has 0 saturated carbocycles. The molecule has 0 spiro atoms. The van der Waals surface area contributed by atoms with Gasteiger partial charge in [0.1, 0.15) is 18.0 Å². The second-order valence-electron chi connectivity index (χ2n) is 7.48. The third kappa shape index (κ3) is 4.12. The SMILES string of the molecule is CCc1ncnc(N2CCC(O)(c3ccccc3)CC2)c1C#Cc1ccc(N)nc1. The maximum atomic E-state index is 11.1. The molecule has 6 heteroatoms. The standard InChI is InChI=1S/C24H25N5O/c1-2-21-20(10-8-18-9-11-22(25)26-16-18)23(28-17-27-21)29-14-12-24(30,13-15-29)19-6-4-3-5-7-19/h3-7,9,11,16-17,30H,2,12-15H2,1H3,(H2,25,26). The zero-order valence-corrected chi connectivity index (χ0v) is 17.0. The van der Waals surface area contributed by atoms with E-state index in [1.807, 2.05) is 36.4 Å². The quantitative estimate of drug-likeness (QED) is 0.659. The number of nitrogen functional groups attached to an aromatic ring is 1. The Morgan fingerprint density at radius 3 is 2.47 bits per heavy atom. The maximum absolute atomic E-state index is 11.1. The van der Waals surface area contributed by atoms with Gasteiger partial charge in [0, 0.05) is 24.8 Å². The van der Waals surface area contributed by atoms with Gasteiger partial charge in [0.2, 0.25) is 0 Å². The lowest BCUT2D eigenvalue weighted by Gasteiger charge is -2.39. The van der Waals surface area contributed by atoms with Crippen molar-refractivity contribution in [2.45, 2.75) is 31.8 Å². The number of aliphatic hydroxyl groups is 1. The second-order valence-corrected chi connectivity index (χ2v) is 7.48. The first-order valence-electron chi connectivity index (χ1n) is 10.2. The lowest BCUT2D eigenvalue weighted by molar-refractivity contribution is 0.0116. The van der Waals surface area contributed by atoms with E-state index in [9.17, 15) is 5.11 Å². The Labute approximate surface area is 176 Å². The van der Waals surface area contributed by atoms with Crippen LogP contribution < -0.4 is 10.6 Å². The van der Waals surface area contributed by atoms with E-state index in [-0.39, 0.29) is 0 Å². The first-order valence-corrected chi connectivity index (χ1v) is 10.2. The van der Waals surface area contributed by atoms with Crippen molar-refractivity contribution >= 4 is 11.6 Å². The minimum Gasteiger partial charge on any atom is -0.385 e. The number of pyridine rings is 1. The van der Waals surface area contributed by atoms with Crippen molar-refractivity contribution in [3.63, 3.8) is 0 Å². The molecule has 1 aromatic carbocycles. The van der Waals surface area contributed by atoms with Crippen LogP contribution in [0.4, 0.5) is 11.6 Å². The number of anilines is 2. The van der Waals surface area contributed by atoms with Crippen molar-refractivity contribution in [1.82, 2.24) is 15.0 Å². The van der Waals surface area contributed by atoms with Crippen LogP contribution in [0.2, 0.25) is 0 Å². The molecule has 0 unspecified atom stereocenters. The summed E-state index contributed by atoms with van der Waals surface area (Å²) in [5, 5.41) is 11.1. The predicted octanol–water partition coefficient (Wildman–Crippen LogP) is 2.90. The zero-order valence-electron chi connectivity index (χ0n) is 17.0. The smallest absolute Gasteiger partial charge is 0.148 e. The molecule has 152 valence electrons. The summed E-state index contributed by atoms with van der Waals surface area (Å²) in [6.07, 6.45) is 5.30. The Hall–Kier alpha value is -3.43.